The molecule has 2 aromatic carbocycles. The van der Waals surface area contributed by atoms with E-state index >= 15 is 0 Å². The second kappa shape index (κ2) is 12.2. The highest BCUT2D eigenvalue weighted by Crippen LogP contribution is 2.44. The fourth-order valence-corrected chi connectivity index (χ4v) is 4.47. The van der Waals surface area contributed by atoms with Gasteiger partial charge in [0.1, 0.15) is 6.61 Å². The number of carboxylic acids is 1. The molecule has 7 nitrogen and oxygen atoms in total. The molecule has 2 aromatic rings. The van der Waals surface area contributed by atoms with Crippen molar-refractivity contribution < 1.29 is 24.2 Å². The van der Waals surface area contributed by atoms with Gasteiger partial charge in [-0.1, -0.05) is 62.4 Å². The second-order valence-corrected chi connectivity index (χ2v) is 8.72. The van der Waals surface area contributed by atoms with Crippen LogP contribution in [0.25, 0.3) is 11.1 Å². The SMILES string of the molecule is CCC(CCC(=O)O)NC(=O)CCC(CC)NC(=O)OCC1c2ccccc2-c2ccccc21. The van der Waals surface area contributed by atoms with Gasteiger partial charge in [-0.2, -0.15) is 0 Å². The zero-order valence-electron chi connectivity index (χ0n) is 19.9. The summed E-state index contributed by atoms with van der Waals surface area (Å²) in [7, 11) is 0. The topological polar surface area (TPSA) is 105 Å². The van der Waals surface area contributed by atoms with Crippen molar-refractivity contribution in [1.82, 2.24) is 10.6 Å². The smallest absolute Gasteiger partial charge is 0.407 e. The summed E-state index contributed by atoms with van der Waals surface area (Å²) in [5.41, 5.74) is 4.68. The van der Waals surface area contributed by atoms with E-state index in [1.807, 2.05) is 38.1 Å². The highest BCUT2D eigenvalue weighted by Gasteiger charge is 2.29. The first kappa shape index (κ1) is 25.3. The highest BCUT2D eigenvalue weighted by molar-refractivity contribution is 5.79. The lowest BCUT2D eigenvalue weighted by Crippen LogP contribution is -2.38. The minimum atomic E-state index is -0.869. The maximum atomic E-state index is 12.5. The molecule has 0 saturated heterocycles. The summed E-state index contributed by atoms with van der Waals surface area (Å²) >= 11 is 0. The van der Waals surface area contributed by atoms with E-state index in [1.54, 1.807) is 0 Å². The Hall–Kier alpha value is -3.35. The Morgan fingerprint density at radius 2 is 1.38 bits per heavy atom. The van der Waals surface area contributed by atoms with Gasteiger partial charge in [0.05, 0.1) is 0 Å². The molecule has 182 valence electrons. The van der Waals surface area contributed by atoms with Crippen LogP contribution >= 0.6 is 0 Å². The highest BCUT2D eigenvalue weighted by atomic mass is 16.5. The summed E-state index contributed by atoms with van der Waals surface area (Å²) in [6.07, 6.45) is 2.05. The van der Waals surface area contributed by atoms with Crippen molar-refractivity contribution in [1.29, 1.82) is 0 Å². The third-order valence-corrected chi connectivity index (χ3v) is 6.44. The predicted molar refractivity (Wildman–Crippen MR) is 131 cm³/mol. The Kier molecular flexibility index (Phi) is 9.08. The fourth-order valence-electron chi connectivity index (χ4n) is 4.47. The van der Waals surface area contributed by atoms with E-state index in [2.05, 4.69) is 34.9 Å². The second-order valence-electron chi connectivity index (χ2n) is 8.72. The number of rotatable bonds is 12. The zero-order valence-corrected chi connectivity index (χ0v) is 19.9. The normalized spacial score (nSPS) is 13.9. The Morgan fingerprint density at radius 1 is 0.853 bits per heavy atom. The molecule has 3 rings (SSSR count). The van der Waals surface area contributed by atoms with Crippen LogP contribution in [0.1, 0.15) is 69.4 Å². The number of aliphatic carboxylic acids is 1. The summed E-state index contributed by atoms with van der Waals surface area (Å²) in [5, 5.41) is 14.6. The molecule has 34 heavy (non-hydrogen) atoms. The standard InChI is InChI=1S/C27H34N2O5/c1-3-18(14-16-26(31)32)28-25(30)15-13-19(4-2)29-27(33)34-17-24-22-11-7-5-9-20(22)21-10-6-8-12-23(21)24/h5-12,18-19,24H,3-4,13-17H2,1-2H3,(H,28,30)(H,29,33)(H,31,32). The number of carboxylic acid groups (broad SMARTS) is 1. The average Bonchev–Trinajstić information content (AvgIpc) is 3.16. The van der Waals surface area contributed by atoms with Crippen LogP contribution < -0.4 is 10.6 Å². The molecule has 2 amide bonds. The third kappa shape index (κ3) is 6.59. The lowest BCUT2D eigenvalue weighted by molar-refractivity contribution is -0.137. The van der Waals surface area contributed by atoms with Gasteiger partial charge in [0.25, 0.3) is 0 Å². The van der Waals surface area contributed by atoms with E-state index in [1.165, 1.54) is 11.1 Å². The molecule has 7 heteroatoms. The van der Waals surface area contributed by atoms with Crippen LogP contribution in [0.5, 0.6) is 0 Å². The van der Waals surface area contributed by atoms with Crippen molar-refractivity contribution in [3.05, 3.63) is 59.7 Å². The van der Waals surface area contributed by atoms with Gasteiger partial charge in [0.15, 0.2) is 0 Å². The Balaban J connectivity index is 1.48. The number of ether oxygens (including phenoxy) is 1. The molecule has 2 unspecified atom stereocenters. The summed E-state index contributed by atoms with van der Waals surface area (Å²) < 4.78 is 5.61. The zero-order chi connectivity index (χ0) is 24.5. The maximum Gasteiger partial charge on any atom is 0.407 e. The van der Waals surface area contributed by atoms with Crippen molar-refractivity contribution in [2.45, 2.75) is 70.4 Å². The molecule has 0 aliphatic heterocycles. The van der Waals surface area contributed by atoms with E-state index in [0.717, 1.165) is 11.1 Å². The molecule has 2 atom stereocenters. The van der Waals surface area contributed by atoms with Crippen molar-refractivity contribution in [3.8, 4) is 11.1 Å². The van der Waals surface area contributed by atoms with Crippen LogP contribution in [0.3, 0.4) is 0 Å². The number of carbonyl (C=O) groups excluding carboxylic acids is 2. The third-order valence-electron chi connectivity index (χ3n) is 6.44. The first-order valence-corrected chi connectivity index (χ1v) is 12.1. The van der Waals surface area contributed by atoms with E-state index in [4.69, 9.17) is 9.84 Å². The Labute approximate surface area is 200 Å². The molecule has 0 fully saturated rings. The van der Waals surface area contributed by atoms with Gasteiger partial charge in [-0.3, -0.25) is 9.59 Å². The molecule has 1 aliphatic rings. The van der Waals surface area contributed by atoms with Gasteiger partial charge in [0, 0.05) is 30.8 Å². The molecule has 0 saturated carbocycles. The van der Waals surface area contributed by atoms with Gasteiger partial charge < -0.3 is 20.5 Å². The minimum absolute atomic E-state index is 0.000726. The fraction of sp³-hybridized carbons (Fsp3) is 0.444. The van der Waals surface area contributed by atoms with Crippen LogP contribution in [0, 0.1) is 0 Å². The molecule has 0 spiro atoms. The van der Waals surface area contributed by atoms with Gasteiger partial charge in [-0.25, -0.2) is 4.79 Å². The van der Waals surface area contributed by atoms with Crippen molar-refractivity contribution in [2.24, 2.45) is 0 Å². The summed E-state index contributed by atoms with van der Waals surface area (Å²) in [6.45, 7) is 4.12. The lowest BCUT2D eigenvalue weighted by atomic mass is 9.98. The number of hydrogen-bond acceptors (Lipinski definition) is 4. The molecule has 1 aliphatic carbocycles. The molecule has 0 bridgehead atoms. The van der Waals surface area contributed by atoms with Gasteiger partial charge in [-0.05, 0) is 47.9 Å². The number of amides is 2. The van der Waals surface area contributed by atoms with E-state index in [-0.39, 0.29) is 43.4 Å². The average molecular weight is 467 g/mol. The lowest BCUT2D eigenvalue weighted by Gasteiger charge is -2.20. The summed E-state index contributed by atoms with van der Waals surface area (Å²) in [4.78, 5) is 35.6. The van der Waals surface area contributed by atoms with Gasteiger partial charge in [0.2, 0.25) is 5.91 Å². The number of fused-ring (bicyclic) bond motifs is 3. The molecule has 3 N–H and O–H groups in total. The number of carbonyl (C=O) groups is 3. The van der Waals surface area contributed by atoms with Crippen molar-refractivity contribution in [2.75, 3.05) is 6.61 Å². The number of benzene rings is 2. The largest absolute Gasteiger partial charge is 0.481 e. The first-order valence-electron chi connectivity index (χ1n) is 12.1. The van der Waals surface area contributed by atoms with Crippen LogP contribution in [0.2, 0.25) is 0 Å². The number of hydrogen-bond donors (Lipinski definition) is 3. The van der Waals surface area contributed by atoms with Gasteiger partial charge in [-0.15, -0.1) is 0 Å². The van der Waals surface area contributed by atoms with Gasteiger partial charge >= 0.3 is 12.1 Å². The molecule has 0 heterocycles. The van der Waals surface area contributed by atoms with Crippen molar-refractivity contribution >= 4 is 18.0 Å². The summed E-state index contributed by atoms with van der Waals surface area (Å²) in [6, 6.07) is 16.0. The van der Waals surface area contributed by atoms with E-state index < -0.39 is 12.1 Å². The van der Waals surface area contributed by atoms with Crippen LogP contribution in [-0.2, 0) is 14.3 Å². The maximum absolute atomic E-state index is 12.5. The minimum Gasteiger partial charge on any atom is -0.481 e. The summed E-state index contributed by atoms with van der Waals surface area (Å²) in [5.74, 6) is -1.00. The van der Waals surface area contributed by atoms with Crippen LogP contribution in [0.15, 0.2) is 48.5 Å². The van der Waals surface area contributed by atoms with Crippen molar-refractivity contribution in [3.63, 3.8) is 0 Å². The van der Waals surface area contributed by atoms with Crippen LogP contribution in [-0.4, -0.2) is 41.8 Å². The van der Waals surface area contributed by atoms with Crippen LogP contribution in [0.4, 0.5) is 4.79 Å². The monoisotopic (exact) mass is 466 g/mol. The molecule has 0 radical (unpaired) electrons. The quantitative estimate of drug-likeness (QED) is 0.415. The Bertz CT molecular complexity index is 961. The van der Waals surface area contributed by atoms with E-state index in [9.17, 15) is 14.4 Å². The number of alkyl carbamates (subject to hydrolysis) is 1. The predicted octanol–water partition coefficient (Wildman–Crippen LogP) is 4.84. The molecular weight excluding hydrogens is 432 g/mol. The first-order chi connectivity index (χ1) is 16.4. The molecule has 0 aromatic heterocycles. The van der Waals surface area contributed by atoms with E-state index in [0.29, 0.717) is 25.7 Å². The molecular formula is C27H34N2O5. The number of nitrogens with one attached hydrogen (secondary N) is 2. The Morgan fingerprint density at radius 3 is 1.94 bits per heavy atom.